The topological polar surface area (TPSA) is 211 Å². The second-order valence-electron chi connectivity index (χ2n) is 14.3. The maximum absolute atomic E-state index is 14.3. The smallest absolute Gasteiger partial charge is 0.408 e. The molecule has 0 bridgehead atoms. The van der Waals surface area contributed by atoms with Crippen LogP contribution in [0.1, 0.15) is 46.5 Å². The first-order chi connectivity index (χ1) is 25.0. The van der Waals surface area contributed by atoms with Gasteiger partial charge in [0.1, 0.15) is 29.5 Å². The summed E-state index contributed by atoms with van der Waals surface area (Å²) in [5.74, 6) is -3.00. The first kappa shape index (κ1) is 39.0. The number of likely N-dealkylation sites (tertiary alicyclic amines) is 1. The first-order valence-corrected chi connectivity index (χ1v) is 18.9. The van der Waals surface area contributed by atoms with Crippen LogP contribution in [0, 0.1) is 11.8 Å². The normalized spacial score (nSPS) is 23.1. The van der Waals surface area contributed by atoms with Gasteiger partial charge in [-0.2, -0.15) is 0 Å². The molecule has 1 unspecified atom stereocenters. The number of nitrogens with zero attached hydrogens (tertiary/aromatic N) is 2. The van der Waals surface area contributed by atoms with Crippen LogP contribution in [0.2, 0.25) is 0 Å². The van der Waals surface area contributed by atoms with Gasteiger partial charge in [0.15, 0.2) is 0 Å². The Morgan fingerprint density at radius 3 is 2.45 bits per heavy atom. The molecule has 2 aromatic rings. The third kappa shape index (κ3) is 9.43. The molecular weight excluding hydrogens is 708 g/mol. The summed E-state index contributed by atoms with van der Waals surface area (Å²) in [5, 5.41) is 8.71. The van der Waals surface area contributed by atoms with Crippen molar-refractivity contribution in [1.29, 1.82) is 0 Å². The number of sulfonamides is 1. The Morgan fingerprint density at radius 2 is 1.81 bits per heavy atom. The van der Waals surface area contributed by atoms with Gasteiger partial charge in [-0.05, 0) is 81.7 Å². The van der Waals surface area contributed by atoms with E-state index in [1.165, 1.54) is 4.90 Å². The highest BCUT2D eigenvalue weighted by atomic mass is 32.2. The second kappa shape index (κ2) is 15.8. The van der Waals surface area contributed by atoms with Crippen LogP contribution in [0.4, 0.5) is 4.79 Å². The lowest BCUT2D eigenvalue weighted by atomic mass is 9.69. The number of rotatable bonds is 14. The number of nitrogens with one attached hydrogen (secondary N) is 4. The van der Waals surface area contributed by atoms with Gasteiger partial charge in [-0.3, -0.25) is 23.9 Å². The number of hydrogen-bond acceptors (Lipinski definition) is 11. The van der Waals surface area contributed by atoms with Crippen molar-refractivity contribution in [2.75, 3.05) is 20.2 Å². The lowest BCUT2D eigenvalue weighted by molar-refractivity contribution is -0.142. The molecule has 3 aliphatic rings. The van der Waals surface area contributed by atoms with Crippen molar-refractivity contribution in [1.82, 2.24) is 30.6 Å². The predicted molar refractivity (Wildman–Crippen MR) is 193 cm³/mol. The molecule has 3 fully saturated rings. The number of pyridine rings is 1. The minimum absolute atomic E-state index is 0.0115. The molecule has 17 heteroatoms. The number of amides is 5. The fraction of sp³-hybridized carbons (Fsp3) is 0.500. The van der Waals surface area contributed by atoms with E-state index in [-0.39, 0.29) is 37.7 Å². The number of fused-ring (bicyclic) bond motifs is 1. The SMILES string of the molecule is C=CC(=O)NC[C@H](NC(=O)OC(C)(C)C)C(=O)N1C[C@H](Oc2nccc3cc(OC)ccc23)C[C@H]1C(=O)NC1[C@H](C=C)C[C@@H]1C(=O)NS(=O)(=O)C1CC1. The van der Waals surface area contributed by atoms with E-state index in [1.54, 1.807) is 58.4 Å². The highest BCUT2D eigenvalue weighted by Crippen LogP contribution is 2.37. The summed E-state index contributed by atoms with van der Waals surface area (Å²) in [4.78, 5) is 72.1. The van der Waals surface area contributed by atoms with Crippen molar-refractivity contribution < 1.29 is 46.6 Å². The van der Waals surface area contributed by atoms with Gasteiger partial charge in [0.05, 0.1) is 24.8 Å². The summed E-state index contributed by atoms with van der Waals surface area (Å²) in [5.41, 5.74) is -0.905. The molecule has 16 nitrogen and oxygen atoms in total. The molecule has 1 aromatic heterocycles. The average molecular weight is 755 g/mol. The maximum atomic E-state index is 14.3. The summed E-state index contributed by atoms with van der Waals surface area (Å²) in [6.45, 7) is 11.7. The molecule has 53 heavy (non-hydrogen) atoms. The molecular formula is C36H46N6O10S. The number of aromatic nitrogens is 1. The Kier molecular flexibility index (Phi) is 11.6. The van der Waals surface area contributed by atoms with E-state index in [1.807, 2.05) is 6.07 Å². The Bertz CT molecular complexity index is 1890. The molecule has 5 amide bonds. The van der Waals surface area contributed by atoms with E-state index in [4.69, 9.17) is 14.2 Å². The molecule has 1 aliphatic heterocycles. The number of methoxy groups -OCH3 is 1. The third-order valence-corrected chi connectivity index (χ3v) is 11.1. The zero-order valence-corrected chi connectivity index (χ0v) is 30.9. The quantitative estimate of drug-likeness (QED) is 0.161. The van der Waals surface area contributed by atoms with Crippen LogP contribution in [-0.2, 0) is 33.9 Å². The van der Waals surface area contributed by atoms with Gasteiger partial charge in [-0.1, -0.05) is 12.7 Å². The van der Waals surface area contributed by atoms with E-state index in [2.05, 4.69) is 38.8 Å². The number of benzene rings is 1. The van der Waals surface area contributed by atoms with E-state index in [0.717, 1.165) is 11.5 Å². The molecule has 2 saturated carbocycles. The molecule has 2 heterocycles. The molecule has 0 radical (unpaired) electrons. The van der Waals surface area contributed by atoms with Crippen LogP contribution >= 0.6 is 0 Å². The number of ether oxygens (including phenoxy) is 3. The Balaban J connectivity index is 1.41. The third-order valence-electron chi connectivity index (χ3n) is 9.29. The van der Waals surface area contributed by atoms with Crippen LogP contribution in [0.5, 0.6) is 11.6 Å². The van der Waals surface area contributed by atoms with Gasteiger partial charge in [-0.15, -0.1) is 6.58 Å². The molecule has 6 atom stereocenters. The van der Waals surface area contributed by atoms with Crippen LogP contribution in [0.3, 0.4) is 0 Å². The molecule has 1 saturated heterocycles. The molecule has 0 spiro atoms. The van der Waals surface area contributed by atoms with Gasteiger partial charge >= 0.3 is 6.09 Å². The van der Waals surface area contributed by atoms with Crippen molar-refractivity contribution in [3.8, 4) is 11.6 Å². The van der Waals surface area contributed by atoms with Gasteiger partial charge in [0.25, 0.3) is 0 Å². The van der Waals surface area contributed by atoms with E-state index in [9.17, 15) is 32.4 Å². The van der Waals surface area contributed by atoms with Crippen molar-refractivity contribution in [3.63, 3.8) is 0 Å². The van der Waals surface area contributed by atoms with Crippen molar-refractivity contribution in [2.24, 2.45) is 11.8 Å². The van der Waals surface area contributed by atoms with Crippen LogP contribution in [0.15, 0.2) is 55.8 Å². The van der Waals surface area contributed by atoms with Crippen molar-refractivity contribution >= 4 is 50.5 Å². The Labute approximate surface area is 308 Å². The highest BCUT2D eigenvalue weighted by molar-refractivity contribution is 7.90. The van der Waals surface area contributed by atoms with Crippen LogP contribution < -0.4 is 30.1 Å². The largest absolute Gasteiger partial charge is 0.497 e. The van der Waals surface area contributed by atoms with E-state index >= 15 is 0 Å². The summed E-state index contributed by atoms with van der Waals surface area (Å²) < 4.78 is 44.2. The van der Waals surface area contributed by atoms with E-state index in [0.29, 0.717) is 24.0 Å². The molecule has 5 rings (SSSR count). The fourth-order valence-electron chi connectivity index (χ4n) is 6.35. The van der Waals surface area contributed by atoms with Gasteiger partial charge in [-0.25, -0.2) is 18.2 Å². The number of alkyl carbamates (subject to hydrolysis) is 1. The number of carbonyl (C=O) groups is 5. The van der Waals surface area contributed by atoms with Crippen molar-refractivity contribution in [3.05, 3.63) is 55.8 Å². The molecule has 2 aliphatic carbocycles. The minimum atomic E-state index is -3.82. The zero-order valence-electron chi connectivity index (χ0n) is 30.1. The Morgan fingerprint density at radius 1 is 1.08 bits per heavy atom. The summed E-state index contributed by atoms with van der Waals surface area (Å²) in [6, 6.07) is 3.77. The lowest BCUT2D eigenvalue weighted by Gasteiger charge is -2.43. The van der Waals surface area contributed by atoms with Crippen LogP contribution in [-0.4, -0.2) is 103 Å². The van der Waals surface area contributed by atoms with Gasteiger partial charge < -0.3 is 35.1 Å². The van der Waals surface area contributed by atoms with Crippen LogP contribution in [0.25, 0.3) is 10.8 Å². The molecule has 286 valence electrons. The Hall–Kier alpha value is -5.19. The summed E-state index contributed by atoms with van der Waals surface area (Å²) in [7, 11) is -2.27. The number of hydrogen-bond donors (Lipinski definition) is 4. The summed E-state index contributed by atoms with van der Waals surface area (Å²) >= 11 is 0. The van der Waals surface area contributed by atoms with Crippen molar-refractivity contribution in [2.45, 2.75) is 81.5 Å². The average Bonchev–Trinajstić information content (AvgIpc) is 3.88. The van der Waals surface area contributed by atoms with Gasteiger partial charge in [0.2, 0.25) is 39.5 Å². The van der Waals surface area contributed by atoms with E-state index < -0.39 is 80.7 Å². The highest BCUT2D eigenvalue weighted by Gasteiger charge is 2.50. The summed E-state index contributed by atoms with van der Waals surface area (Å²) in [6.07, 6.45) is 3.66. The zero-order chi connectivity index (χ0) is 38.7. The minimum Gasteiger partial charge on any atom is -0.497 e. The van der Waals surface area contributed by atoms with Gasteiger partial charge in [0, 0.05) is 30.6 Å². The fourth-order valence-corrected chi connectivity index (χ4v) is 7.71. The predicted octanol–water partition coefficient (Wildman–Crippen LogP) is 1.70. The standard InChI is InChI=1S/C36H46N6O10S/c1-7-20-16-26(31(44)41-53(48,49)24-10-11-24)30(20)40-32(45)28-17-23(51-33-25-12-9-22(50-6)15-21(25)13-14-37-33)19-42(28)34(46)27(18-38-29(43)8-2)39-35(47)52-36(3,4)5/h7-9,12-15,20,23-24,26-28,30H,1-2,10-11,16-19H2,3-6H3,(H,38,43)(H,39,47)(H,40,45)(H,41,44)/t20-,23-,26+,27+,28+,30?/m1/s1. The lowest BCUT2D eigenvalue weighted by Crippen LogP contribution is -2.62. The first-order valence-electron chi connectivity index (χ1n) is 17.3. The monoisotopic (exact) mass is 754 g/mol. The molecule has 1 aromatic carbocycles. The molecule has 4 N–H and O–H groups in total. The number of carbonyl (C=O) groups excluding carboxylic acids is 5. The second-order valence-corrected chi connectivity index (χ2v) is 16.3. The maximum Gasteiger partial charge on any atom is 0.408 e.